The third-order valence-corrected chi connectivity index (χ3v) is 3.57. The fourth-order valence-electron chi connectivity index (χ4n) is 2.41. The number of rotatable bonds is 3. The zero-order valence-corrected chi connectivity index (χ0v) is 10.8. The van der Waals surface area contributed by atoms with Crippen LogP contribution in [0.5, 0.6) is 0 Å². The van der Waals surface area contributed by atoms with Crippen LogP contribution in [0, 0.1) is 5.82 Å². The number of hydrogen-bond acceptors (Lipinski definition) is 2. The molecule has 1 aromatic carbocycles. The van der Waals surface area contributed by atoms with E-state index < -0.39 is 0 Å². The minimum Gasteiger partial charge on any atom is -0.370 e. The Balaban J connectivity index is 2.15. The monoisotopic (exact) mass is 236 g/mol. The molecule has 1 aliphatic rings. The third-order valence-electron chi connectivity index (χ3n) is 3.57. The van der Waals surface area contributed by atoms with Crippen LogP contribution in [0.3, 0.4) is 0 Å². The Hall–Kier alpha value is -1.09. The molecule has 17 heavy (non-hydrogen) atoms. The van der Waals surface area contributed by atoms with Crippen molar-refractivity contribution >= 4 is 5.69 Å². The number of benzene rings is 1. The van der Waals surface area contributed by atoms with Gasteiger partial charge in [-0.05, 0) is 37.1 Å². The number of nitrogens with one attached hydrogen (secondary N) is 1. The molecule has 1 aliphatic heterocycles. The van der Waals surface area contributed by atoms with Gasteiger partial charge in [0.25, 0.3) is 0 Å². The molecule has 94 valence electrons. The van der Waals surface area contributed by atoms with Crippen molar-refractivity contribution in [1.29, 1.82) is 0 Å². The SMILES string of the molecule is CN[C@H]1CCN(c2ccc(C(C)C)c(F)c2)C1. The van der Waals surface area contributed by atoms with Gasteiger partial charge >= 0.3 is 0 Å². The highest BCUT2D eigenvalue weighted by Crippen LogP contribution is 2.26. The van der Waals surface area contributed by atoms with E-state index in [0.29, 0.717) is 6.04 Å². The number of likely N-dealkylation sites (N-methyl/N-ethyl adjacent to an activating group) is 1. The Kier molecular flexibility index (Phi) is 3.67. The fraction of sp³-hybridized carbons (Fsp3) is 0.571. The standard InChI is InChI=1S/C14H21FN2/c1-10(2)13-5-4-12(8-14(13)15)17-7-6-11(9-17)16-3/h4-5,8,10-11,16H,6-7,9H2,1-3H3/t11-/m0/s1. The van der Waals surface area contributed by atoms with Crippen LogP contribution in [0.1, 0.15) is 31.7 Å². The lowest BCUT2D eigenvalue weighted by molar-refractivity contribution is 0.597. The van der Waals surface area contributed by atoms with Gasteiger partial charge in [-0.3, -0.25) is 0 Å². The maximum Gasteiger partial charge on any atom is 0.128 e. The van der Waals surface area contributed by atoms with Gasteiger partial charge in [-0.25, -0.2) is 4.39 Å². The Labute approximate surface area is 103 Å². The molecule has 0 amide bonds. The predicted molar refractivity (Wildman–Crippen MR) is 70.2 cm³/mol. The quantitative estimate of drug-likeness (QED) is 0.868. The predicted octanol–water partition coefficient (Wildman–Crippen LogP) is 2.75. The van der Waals surface area contributed by atoms with Gasteiger partial charge in [0.15, 0.2) is 0 Å². The second-order valence-electron chi connectivity index (χ2n) is 5.08. The molecule has 1 aromatic rings. The van der Waals surface area contributed by atoms with Gasteiger partial charge in [-0.15, -0.1) is 0 Å². The van der Waals surface area contributed by atoms with Crippen molar-refractivity contribution in [3.8, 4) is 0 Å². The molecule has 1 atom stereocenters. The summed E-state index contributed by atoms with van der Waals surface area (Å²) in [4.78, 5) is 2.24. The van der Waals surface area contributed by atoms with Crippen LogP contribution >= 0.6 is 0 Å². The summed E-state index contributed by atoms with van der Waals surface area (Å²) in [5.41, 5.74) is 1.81. The third kappa shape index (κ3) is 2.60. The van der Waals surface area contributed by atoms with Crippen LogP contribution in [0.15, 0.2) is 18.2 Å². The second-order valence-corrected chi connectivity index (χ2v) is 5.08. The molecule has 2 nitrogen and oxygen atoms in total. The molecule has 0 aromatic heterocycles. The van der Waals surface area contributed by atoms with E-state index in [9.17, 15) is 4.39 Å². The molecule has 0 saturated carbocycles. The van der Waals surface area contributed by atoms with Crippen LogP contribution < -0.4 is 10.2 Å². The number of nitrogens with zero attached hydrogens (tertiary/aromatic N) is 1. The molecular formula is C14H21FN2. The summed E-state index contributed by atoms with van der Waals surface area (Å²) in [7, 11) is 1.98. The molecule has 0 unspecified atom stereocenters. The second kappa shape index (κ2) is 5.05. The van der Waals surface area contributed by atoms with E-state index in [2.05, 4.69) is 10.2 Å². The van der Waals surface area contributed by atoms with Crippen molar-refractivity contribution in [3.63, 3.8) is 0 Å². The van der Waals surface area contributed by atoms with Crippen molar-refractivity contribution in [2.75, 3.05) is 25.0 Å². The zero-order valence-electron chi connectivity index (χ0n) is 10.8. The molecular weight excluding hydrogens is 215 g/mol. The van der Waals surface area contributed by atoms with E-state index >= 15 is 0 Å². The Bertz CT molecular complexity index is 390. The molecule has 0 aliphatic carbocycles. The number of halogens is 1. The average molecular weight is 236 g/mol. The van der Waals surface area contributed by atoms with Crippen molar-refractivity contribution < 1.29 is 4.39 Å². The lowest BCUT2D eigenvalue weighted by Gasteiger charge is -2.20. The van der Waals surface area contributed by atoms with Crippen molar-refractivity contribution in [2.24, 2.45) is 0 Å². The van der Waals surface area contributed by atoms with Crippen LogP contribution in [0.2, 0.25) is 0 Å². The Morgan fingerprint density at radius 1 is 1.41 bits per heavy atom. The highest BCUT2D eigenvalue weighted by Gasteiger charge is 2.21. The summed E-state index contributed by atoms with van der Waals surface area (Å²) in [5, 5.41) is 3.27. The number of anilines is 1. The van der Waals surface area contributed by atoms with Gasteiger partial charge in [0.2, 0.25) is 0 Å². The molecule has 0 radical (unpaired) electrons. The summed E-state index contributed by atoms with van der Waals surface area (Å²) in [5.74, 6) is 0.165. The molecule has 1 N–H and O–H groups in total. The van der Waals surface area contributed by atoms with Gasteiger partial charge < -0.3 is 10.2 Å². The van der Waals surface area contributed by atoms with Gasteiger partial charge in [-0.1, -0.05) is 19.9 Å². The smallest absolute Gasteiger partial charge is 0.128 e. The first kappa shape index (κ1) is 12.4. The zero-order chi connectivity index (χ0) is 12.4. The number of hydrogen-bond donors (Lipinski definition) is 1. The van der Waals surface area contributed by atoms with E-state index in [0.717, 1.165) is 30.8 Å². The summed E-state index contributed by atoms with van der Waals surface area (Å²) in [6.07, 6.45) is 1.13. The molecule has 3 heteroatoms. The fourth-order valence-corrected chi connectivity index (χ4v) is 2.41. The van der Waals surface area contributed by atoms with Gasteiger partial charge in [-0.2, -0.15) is 0 Å². The van der Waals surface area contributed by atoms with E-state index in [-0.39, 0.29) is 11.7 Å². The van der Waals surface area contributed by atoms with Crippen LogP contribution in [0.4, 0.5) is 10.1 Å². The van der Waals surface area contributed by atoms with E-state index in [1.54, 1.807) is 6.07 Å². The lowest BCUT2D eigenvalue weighted by Crippen LogP contribution is -2.29. The average Bonchev–Trinajstić information content (AvgIpc) is 2.76. The summed E-state index contributed by atoms with van der Waals surface area (Å²) >= 11 is 0. The first-order chi connectivity index (χ1) is 8.11. The van der Waals surface area contributed by atoms with Crippen LogP contribution in [-0.2, 0) is 0 Å². The summed E-state index contributed by atoms with van der Waals surface area (Å²) in [6.45, 7) is 6.01. The summed E-state index contributed by atoms with van der Waals surface area (Å²) < 4.78 is 13.9. The molecule has 2 rings (SSSR count). The first-order valence-electron chi connectivity index (χ1n) is 6.33. The van der Waals surface area contributed by atoms with E-state index in [1.165, 1.54) is 0 Å². The van der Waals surface area contributed by atoms with Crippen molar-refractivity contribution in [1.82, 2.24) is 5.32 Å². The minimum atomic E-state index is -0.0783. The first-order valence-corrected chi connectivity index (χ1v) is 6.33. The molecule has 1 heterocycles. The molecule has 0 spiro atoms. The van der Waals surface area contributed by atoms with Gasteiger partial charge in [0.1, 0.15) is 5.82 Å². The minimum absolute atomic E-state index is 0.0783. The Morgan fingerprint density at radius 3 is 2.71 bits per heavy atom. The molecule has 1 fully saturated rings. The van der Waals surface area contributed by atoms with E-state index in [4.69, 9.17) is 0 Å². The van der Waals surface area contributed by atoms with Crippen molar-refractivity contribution in [2.45, 2.75) is 32.2 Å². The van der Waals surface area contributed by atoms with Gasteiger partial charge in [0, 0.05) is 24.8 Å². The molecule has 0 bridgehead atoms. The summed E-state index contributed by atoms with van der Waals surface area (Å²) in [6, 6.07) is 6.16. The van der Waals surface area contributed by atoms with E-state index in [1.807, 2.05) is 33.0 Å². The maximum atomic E-state index is 13.9. The topological polar surface area (TPSA) is 15.3 Å². The Morgan fingerprint density at radius 2 is 2.18 bits per heavy atom. The highest BCUT2D eigenvalue weighted by atomic mass is 19.1. The van der Waals surface area contributed by atoms with Crippen molar-refractivity contribution in [3.05, 3.63) is 29.6 Å². The van der Waals surface area contributed by atoms with Gasteiger partial charge in [0.05, 0.1) is 0 Å². The maximum absolute atomic E-state index is 13.9. The largest absolute Gasteiger partial charge is 0.370 e. The highest BCUT2D eigenvalue weighted by molar-refractivity contribution is 5.49. The molecule has 1 saturated heterocycles. The lowest BCUT2D eigenvalue weighted by atomic mass is 10.0. The van der Waals surface area contributed by atoms with Crippen LogP contribution in [-0.4, -0.2) is 26.2 Å². The van der Waals surface area contributed by atoms with Crippen LogP contribution in [0.25, 0.3) is 0 Å². The normalized spacial score (nSPS) is 20.3.